The number of carbonyl (C=O) groups is 5. The molecule has 4 heterocycles. The Morgan fingerprint density at radius 3 is 2.50 bits per heavy atom. The minimum Gasteiger partial charge on any atom is -0.483 e. The van der Waals surface area contributed by atoms with Gasteiger partial charge in [0, 0.05) is 63.9 Å². The molecule has 0 aliphatic carbocycles. The first kappa shape index (κ1) is 32.2. The van der Waals surface area contributed by atoms with Gasteiger partial charge in [0.15, 0.2) is 12.5 Å². The van der Waals surface area contributed by atoms with Crippen LogP contribution in [0.25, 0.3) is 10.9 Å². The SMILES string of the molecule is CCOC(=O)N1CCN(C(=O)C(CCC(=O)O)NC(=O)c2cc(OCC(=O)N3CCc4nc(C)oc4C3)c3ccccc3n2)CC1. The number of carboxylic acid groups (broad SMARTS) is 1. The molecule has 0 radical (unpaired) electrons. The summed E-state index contributed by atoms with van der Waals surface area (Å²) in [5.41, 5.74) is 1.21. The fourth-order valence-corrected chi connectivity index (χ4v) is 5.45. The van der Waals surface area contributed by atoms with Crippen LogP contribution in [-0.4, -0.2) is 112 Å². The summed E-state index contributed by atoms with van der Waals surface area (Å²) >= 11 is 0. The number of fused-ring (bicyclic) bond motifs is 2. The zero-order chi connectivity index (χ0) is 32.8. The molecule has 5 rings (SSSR count). The van der Waals surface area contributed by atoms with Crippen molar-refractivity contribution in [3.63, 3.8) is 0 Å². The van der Waals surface area contributed by atoms with Crippen molar-refractivity contribution in [2.45, 2.75) is 45.7 Å². The van der Waals surface area contributed by atoms with Crippen LogP contribution in [0.3, 0.4) is 0 Å². The number of rotatable bonds is 10. The maximum Gasteiger partial charge on any atom is 0.409 e. The summed E-state index contributed by atoms with van der Waals surface area (Å²) < 4.78 is 16.6. The maximum atomic E-state index is 13.5. The number of hydrogen-bond acceptors (Lipinski definition) is 10. The van der Waals surface area contributed by atoms with E-state index in [0.717, 1.165) is 5.69 Å². The third-order valence-electron chi connectivity index (χ3n) is 7.82. The van der Waals surface area contributed by atoms with Gasteiger partial charge in [-0.1, -0.05) is 12.1 Å². The second kappa shape index (κ2) is 14.3. The summed E-state index contributed by atoms with van der Waals surface area (Å²) in [6.07, 6.45) is -0.398. The number of benzene rings is 1. The highest BCUT2D eigenvalue weighted by molar-refractivity contribution is 5.99. The highest BCUT2D eigenvalue weighted by Crippen LogP contribution is 2.26. The van der Waals surface area contributed by atoms with Gasteiger partial charge in [0.1, 0.15) is 23.2 Å². The van der Waals surface area contributed by atoms with Gasteiger partial charge in [-0.2, -0.15) is 0 Å². The number of para-hydroxylation sites is 1. The Labute approximate surface area is 264 Å². The predicted molar refractivity (Wildman–Crippen MR) is 161 cm³/mol. The lowest BCUT2D eigenvalue weighted by Gasteiger charge is -2.35. The van der Waals surface area contributed by atoms with Gasteiger partial charge in [-0.3, -0.25) is 19.2 Å². The zero-order valence-corrected chi connectivity index (χ0v) is 25.7. The van der Waals surface area contributed by atoms with Crippen LogP contribution >= 0.6 is 0 Å². The normalized spacial score (nSPS) is 15.2. The molecule has 4 amide bonds. The Morgan fingerprint density at radius 1 is 1.02 bits per heavy atom. The molecular formula is C31H36N6O9. The van der Waals surface area contributed by atoms with Crippen LogP contribution in [0.1, 0.15) is 47.6 Å². The first-order valence-electron chi connectivity index (χ1n) is 15.1. The van der Waals surface area contributed by atoms with Gasteiger partial charge in [0.25, 0.3) is 11.8 Å². The Kier molecular flexibility index (Phi) is 9.98. The van der Waals surface area contributed by atoms with E-state index in [-0.39, 0.29) is 76.1 Å². The molecule has 2 aromatic heterocycles. The van der Waals surface area contributed by atoms with E-state index in [9.17, 15) is 29.1 Å². The van der Waals surface area contributed by atoms with Gasteiger partial charge in [-0.15, -0.1) is 0 Å². The molecular weight excluding hydrogens is 600 g/mol. The van der Waals surface area contributed by atoms with Gasteiger partial charge >= 0.3 is 12.1 Å². The Bertz CT molecular complexity index is 1630. The van der Waals surface area contributed by atoms with Crippen molar-refractivity contribution in [2.75, 3.05) is 45.9 Å². The van der Waals surface area contributed by atoms with E-state index in [2.05, 4.69) is 15.3 Å². The second-order valence-corrected chi connectivity index (χ2v) is 10.9. The lowest BCUT2D eigenvalue weighted by molar-refractivity contribution is -0.138. The molecule has 244 valence electrons. The summed E-state index contributed by atoms with van der Waals surface area (Å²) in [7, 11) is 0. The number of hydrogen-bond donors (Lipinski definition) is 2. The van der Waals surface area contributed by atoms with Crippen LogP contribution in [0, 0.1) is 6.92 Å². The summed E-state index contributed by atoms with van der Waals surface area (Å²) in [5.74, 6) is -1.11. The lowest BCUT2D eigenvalue weighted by Crippen LogP contribution is -2.56. The molecule has 2 N–H and O–H groups in total. The summed E-state index contributed by atoms with van der Waals surface area (Å²) in [6, 6.07) is 7.21. The van der Waals surface area contributed by atoms with Crippen molar-refractivity contribution < 1.29 is 43.0 Å². The highest BCUT2D eigenvalue weighted by atomic mass is 16.6. The average Bonchev–Trinajstić information content (AvgIpc) is 3.44. The molecule has 2 aliphatic heterocycles. The number of aliphatic carboxylic acids is 1. The number of amides is 4. The number of carbonyl (C=O) groups excluding carboxylic acids is 4. The number of nitrogens with zero attached hydrogens (tertiary/aromatic N) is 5. The second-order valence-electron chi connectivity index (χ2n) is 10.9. The molecule has 15 heteroatoms. The predicted octanol–water partition coefficient (Wildman–Crippen LogP) is 1.76. The first-order valence-corrected chi connectivity index (χ1v) is 15.1. The van der Waals surface area contributed by atoms with Crippen LogP contribution in [0.15, 0.2) is 34.7 Å². The van der Waals surface area contributed by atoms with Crippen molar-refractivity contribution >= 4 is 40.7 Å². The van der Waals surface area contributed by atoms with Gasteiger partial charge in [0.05, 0.1) is 24.4 Å². The molecule has 46 heavy (non-hydrogen) atoms. The van der Waals surface area contributed by atoms with Crippen LogP contribution in [0.5, 0.6) is 5.75 Å². The molecule has 1 unspecified atom stereocenters. The number of oxazole rings is 1. The molecule has 2 aliphatic rings. The van der Waals surface area contributed by atoms with Gasteiger partial charge in [-0.05, 0) is 25.5 Å². The van der Waals surface area contributed by atoms with Crippen molar-refractivity contribution in [1.82, 2.24) is 30.0 Å². The molecule has 0 spiro atoms. The van der Waals surface area contributed by atoms with E-state index in [1.807, 2.05) is 0 Å². The van der Waals surface area contributed by atoms with E-state index >= 15 is 0 Å². The number of pyridine rings is 1. The van der Waals surface area contributed by atoms with Crippen LogP contribution in [-0.2, 0) is 32.1 Å². The van der Waals surface area contributed by atoms with Gasteiger partial charge < -0.3 is 39.0 Å². The number of ether oxygens (including phenoxy) is 2. The van der Waals surface area contributed by atoms with E-state index in [0.29, 0.717) is 35.5 Å². The number of aromatic nitrogens is 2. The number of piperazine rings is 1. The number of aryl methyl sites for hydroxylation is 1. The van der Waals surface area contributed by atoms with Gasteiger partial charge in [0.2, 0.25) is 5.91 Å². The monoisotopic (exact) mass is 636 g/mol. The largest absolute Gasteiger partial charge is 0.483 e. The zero-order valence-electron chi connectivity index (χ0n) is 25.7. The number of nitrogens with one attached hydrogen (secondary N) is 1. The Hall–Kier alpha value is -5.21. The van der Waals surface area contributed by atoms with E-state index in [1.54, 1.807) is 43.0 Å². The van der Waals surface area contributed by atoms with E-state index in [1.165, 1.54) is 15.9 Å². The third kappa shape index (κ3) is 7.53. The molecule has 1 atom stereocenters. The molecule has 1 saturated heterocycles. The van der Waals surface area contributed by atoms with Crippen LogP contribution in [0.4, 0.5) is 4.79 Å². The first-order chi connectivity index (χ1) is 22.1. The molecule has 0 saturated carbocycles. The van der Waals surface area contributed by atoms with Crippen LogP contribution in [0.2, 0.25) is 0 Å². The average molecular weight is 637 g/mol. The topological polar surface area (TPSA) is 185 Å². The maximum absolute atomic E-state index is 13.5. The molecule has 15 nitrogen and oxygen atoms in total. The van der Waals surface area contributed by atoms with Crippen molar-refractivity contribution in [1.29, 1.82) is 0 Å². The summed E-state index contributed by atoms with van der Waals surface area (Å²) in [4.78, 5) is 76.8. The number of carboxylic acids is 1. The Balaban J connectivity index is 1.28. The quantitative estimate of drug-likeness (QED) is 0.330. The molecule has 0 bridgehead atoms. The summed E-state index contributed by atoms with van der Waals surface area (Å²) in [6.45, 7) is 5.04. The van der Waals surface area contributed by atoms with Crippen molar-refractivity contribution in [3.8, 4) is 5.75 Å². The highest BCUT2D eigenvalue weighted by Gasteiger charge is 2.31. The van der Waals surface area contributed by atoms with Crippen molar-refractivity contribution in [2.24, 2.45) is 0 Å². The molecule has 3 aromatic rings. The molecule has 1 fully saturated rings. The van der Waals surface area contributed by atoms with Crippen LogP contribution < -0.4 is 10.1 Å². The van der Waals surface area contributed by atoms with Gasteiger partial charge in [-0.25, -0.2) is 14.8 Å². The standard InChI is InChI=1S/C31H36N6O9/c1-3-44-31(43)36-14-12-35(13-15-36)30(42)23(8-9-28(39)40)34-29(41)24-16-25(20-6-4-5-7-21(20)33-24)45-18-27(38)37-11-10-22-26(17-37)46-19(2)32-22/h4-7,16,23H,3,8-15,17-18H2,1-2H3,(H,34,41)(H,39,40). The minimum atomic E-state index is -1.15. The molecule has 1 aromatic carbocycles. The van der Waals surface area contributed by atoms with Crippen molar-refractivity contribution in [3.05, 3.63) is 53.4 Å². The summed E-state index contributed by atoms with van der Waals surface area (Å²) in [5, 5.41) is 12.5. The lowest BCUT2D eigenvalue weighted by atomic mass is 10.1. The fourth-order valence-electron chi connectivity index (χ4n) is 5.45. The smallest absolute Gasteiger partial charge is 0.409 e. The van der Waals surface area contributed by atoms with E-state index < -0.39 is 29.9 Å². The Morgan fingerprint density at radius 2 is 1.76 bits per heavy atom. The fraction of sp³-hybridized carbons (Fsp3) is 0.452. The minimum absolute atomic E-state index is 0.0684. The van der Waals surface area contributed by atoms with E-state index in [4.69, 9.17) is 13.9 Å². The third-order valence-corrected chi connectivity index (χ3v) is 7.82.